The van der Waals surface area contributed by atoms with Crippen LogP contribution in [-0.4, -0.2) is 16.9 Å². The average Bonchev–Trinajstić information content (AvgIpc) is 2.88. The van der Waals surface area contributed by atoms with Crippen LogP contribution in [0.1, 0.15) is 5.56 Å². The molecule has 0 saturated heterocycles. The number of nitrogens with zero attached hydrogens (tertiary/aromatic N) is 2. The summed E-state index contributed by atoms with van der Waals surface area (Å²) in [5.74, 6) is 0. The van der Waals surface area contributed by atoms with Gasteiger partial charge < -0.3 is 4.52 Å². The highest BCUT2D eigenvalue weighted by molar-refractivity contribution is 7.97. The van der Waals surface area contributed by atoms with Gasteiger partial charge in [-0.3, -0.25) is 4.72 Å². The molecule has 4 nitrogen and oxygen atoms in total. The number of nitrogens with one attached hydrogen (secondary N) is 1. The van der Waals surface area contributed by atoms with Crippen LogP contribution in [0.4, 0.5) is 0 Å². The second-order valence-corrected chi connectivity index (χ2v) is 3.87. The van der Waals surface area contributed by atoms with Gasteiger partial charge in [0.2, 0.25) is 0 Å². The molecule has 3 rings (SSSR count). The van der Waals surface area contributed by atoms with Gasteiger partial charge in [-0.1, -0.05) is 18.2 Å². The Morgan fingerprint density at radius 2 is 2.27 bits per heavy atom. The van der Waals surface area contributed by atoms with Crippen molar-refractivity contribution in [2.24, 2.45) is 0 Å². The largest absolute Gasteiger partial charge is 0.346 e. The molecule has 0 spiro atoms. The van der Waals surface area contributed by atoms with Gasteiger partial charge in [-0.25, -0.2) is 0 Å². The van der Waals surface area contributed by atoms with Gasteiger partial charge in [0.1, 0.15) is 6.26 Å². The van der Waals surface area contributed by atoms with Gasteiger partial charge in [0.25, 0.3) is 0 Å². The Morgan fingerprint density at radius 1 is 1.33 bits per heavy atom. The topological polar surface area (TPSA) is 51.0 Å². The van der Waals surface area contributed by atoms with Gasteiger partial charge in [-0.2, -0.15) is 0 Å². The number of hydrogen-bond donors (Lipinski definition) is 1. The number of benzene rings is 1. The highest BCUT2D eigenvalue weighted by Gasteiger charge is 2.06. The zero-order chi connectivity index (χ0) is 10.3. The molecule has 0 amide bonds. The summed E-state index contributed by atoms with van der Waals surface area (Å²) in [6.07, 6.45) is 4.04. The Kier molecular flexibility index (Phi) is 3.76. The normalized spacial score (nSPS) is 13.6. The third-order valence-electron chi connectivity index (χ3n) is 1.93. The van der Waals surface area contributed by atoms with E-state index in [1.54, 1.807) is 11.9 Å². The summed E-state index contributed by atoms with van der Waals surface area (Å²) in [7, 11) is 0. The van der Waals surface area contributed by atoms with Crippen LogP contribution < -0.4 is 4.72 Å². The lowest BCUT2D eigenvalue weighted by molar-refractivity contribution is 0.393. The van der Waals surface area contributed by atoms with Gasteiger partial charge in [-0.15, -0.1) is 5.10 Å². The van der Waals surface area contributed by atoms with Crippen molar-refractivity contribution in [3.05, 3.63) is 42.3 Å². The third-order valence-corrected chi connectivity index (χ3v) is 2.90. The second-order valence-electron chi connectivity index (χ2n) is 2.94. The van der Waals surface area contributed by atoms with Crippen molar-refractivity contribution < 1.29 is 4.52 Å². The van der Waals surface area contributed by atoms with Crippen LogP contribution in [0.15, 0.2) is 46.1 Å². The maximum Gasteiger partial charge on any atom is 0.144 e. The predicted octanol–water partition coefficient (Wildman–Crippen LogP) is 1.91. The van der Waals surface area contributed by atoms with E-state index >= 15 is 0 Å². The fourth-order valence-corrected chi connectivity index (χ4v) is 2.07. The molecule has 1 aromatic carbocycles. The summed E-state index contributed by atoms with van der Waals surface area (Å²) in [5.41, 5.74) is 1.48. The first kappa shape index (κ1) is 10.2. The van der Waals surface area contributed by atoms with Gasteiger partial charge in [0.05, 0.1) is 6.20 Å². The summed E-state index contributed by atoms with van der Waals surface area (Å²) < 4.78 is 7.48. The summed E-state index contributed by atoms with van der Waals surface area (Å²) >= 11 is 1.74. The minimum Gasteiger partial charge on any atom is -0.346 e. The van der Waals surface area contributed by atoms with E-state index < -0.39 is 0 Å². The van der Waals surface area contributed by atoms with E-state index in [0.717, 1.165) is 6.54 Å². The monoisotopic (exact) mass is 221 g/mol. The van der Waals surface area contributed by atoms with Gasteiger partial charge in [0.15, 0.2) is 0 Å². The minimum absolute atomic E-state index is 1.10. The van der Waals surface area contributed by atoms with Crippen LogP contribution in [-0.2, 0) is 6.42 Å². The molecule has 2 heterocycles. The molecule has 1 aromatic heterocycles. The molecule has 0 saturated carbocycles. The summed E-state index contributed by atoms with van der Waals surface area (Å²) in [6.45, 7) is 1.10. The fourth-order valence-electron chi connectivity index (χ4n) is 1.26. The highest BCUT2D eigenvalue weighted by atomic mass is 32.2. The molecule has 0 radical (unpaired) electrons. The highest BCUT2D eigenvalue weighted by Crippen LogP contribution is 2.23. The van der Waals surface area contributed by atoms with Crippen molar-refractivity contribution in [3.63, 3.8) is 0 Å². The molecule has 1 N–H and O–H groups in total. The standard InChI is InChI=1S/C8H9NS.C2H2N2O/c1-2-4-8-7(3-1)5-6-9-10-8;1-2-5-4-3-1/h1-4,9H,5-6H2;1-2H. The molecule has 1 aliphatic rings. The molecule has 0 bridgehead atoms. The summed E-state index contributed by atoms with van der Waals surface area (Å²) in [6, 6.07) is 8.54. The molecular weight excluding hydrogens is 210 g/mol. The molecule has 0 aliphatic carbocycles. The number of hydrogen-bond acceptors (Lipinski definition) is 5. The van der Waals surface area contributed by atoms with Crippen LogP contribution in [0.3, 0.4) is 0 Å². The van der Waals surface area contributed by atoms with Crippen molar-refractivity contribution in [1.82, 2.24) is 15.1 Å². The van der Waals surface area contributed by atoms with Crippen LogP contribution in [0, 0.1) is 0 Å². The van der Waals surface area contributed by atoms with E-state index in [2.05, 4.69) is 43.9 Å². The first-order valence-corrected chi connectivity index (χ1v) is 5.47. The Bertz CT molecular complexity index is 349. The SMILES string of the molecule is c1ccc2c(c1)CCNS2.c1conn1. The van der Waals surface area contributed by atoms with Gasteiger partial charge >= 0.3 is 0 Å². The van der Waals surface area contributed by atoms with Crippen molar-refractivity contribution >= 4 is 11.9 Å². The Hall–Kier alpha value is -1.33. The number of rotatable bonds is 0. The average molecular weight is 221 g/mol. The lowest BCUT2D eigenvalue weighted by Crippen LogP contribution is -2.14. The van der Waals surface area contributed by atoms with Crippen molar-refractivity contribution in [2.75, 3.05) is 6.54 Å². The Balaban J connectivity index is 0.000000144. The quantitative estimate of drug-likeness (QED) is 0.689. The lowest BCUT2D eigenvalue weighted by Gasteiger charge is -2.14. The Morgan fingerprint density at radius 3 is 2.93 bits per heavy atom. The molecule has 2 aromatic rings. The molecule has 0 unspecified atom stereocenters. The fraction of sp³-hybridized carbons (Fsp3) is 0.200. The van der Waals surface area contributed by atoms with E-state index in [1.807, 2.05) is 0 Å². The minimum atomic E-state index is 1.10. The van der Waals surface area contributed by atoms with Crippen LogP contribution in [0.2, 0.25) is 0 Å². The second kappa shape index (κ2) is 5.53. The molecule has 15 heavy (non-hydrogen) atoms. The van der Waals surface area contributed by atoms with E-state index in [0.29, 0.717) is 0 Å². The Labute approximate surface area is 92.2 Å². The smallest absolute Gasteiger partial charge is 0.144 e. The van der Waals surface area contributed by atoms with Crippen LogP contribution >= 0.6 is 11.9 Å². The van der Waals surface area contributed by atoms with E-state index in [9.17, 15) is 0 Å². The third kappa shape index (κ3) is 3.07. The van der Waals surface area contributed by atoms with Crippen LogP contribution in [0.25, 0.3) is 0 Å². The van der Waals surface area contributed by atoms with Crippen molar-refractivity contribution in [2.45, 2.75) is 11.3 Å². The van der Waals surface area contributed by atoms with E-state index in [1.165, 1.54) is 29.3 Å². The molecule has 1 aliphatic heterocycles. The predicted molar refractivity (Wildman–Crippen MR) is 58.3 cm³/mol. The number of aromatic nitrogens is 2. The van der Waals surface area contributed by atoms with Gasteiger partial charge in [0, 0.05) is 16.7 Å². The first-order valence-electron chi connectivity index (χ1n) is 4.65. The van der Waals surface area contributed by atoms with Crippen LogP contribution in [0.5, 0.6) is 0 Å². The van der Waals surface area contributed by atoms with Gasteiger partial charge in [-0.05, 0) is 30.0 Å². The van der Waals surface area contributed by atoms with E-state index in [4.69, 9.17) is 0 Å². The number of fused-ring (bicyclic) bond motifs is 1. The molecule has 5 heteroatoms. The molecule has 0 atom stereocenters. The zero-order valence-electron chi connectivity index (χ0n) is 8.09. The van der Waals surface area contributed by atoms with Crippen molar-refractivity contribution in [1.29, 1.82) is 0 Å². The summed E-state index contributed by atoms with van der Waals surface area (Å²) in [5, 5.41) is 6.40. The van der Waals surface area contributed by atoms with E-state index in [-0.39, 0.29) is 0 Å². The molecule has 78 valence electrons. The molecule has 0 fully saturated rings. The zero-order valence-corrected chi connectivity index (χ0v) is 8.91. The van der Waals surface area contributed by atoms with Crippen molar-refractivity contribution in [3.8, 4) is 0 Å². The lowest BCUT2D eigenvalue weighted by atomic mass is 10.1. The maximum absolute atomic E-state index is 4.22. The first-order chi connectivity index (χ1) is 7.47. The summed E-state index contributed by atoms with van der Waals surface area (Å²) in [4.78, 5) is 1.38. The molecular formula is C10H11N3OS. The maximum atomic E-state index is 4.22.